The molecular formula is C13H19ClN4. The van der Waals surface area contributed by atoms with Crippen molar-refractivity contribution in [2.45, 2.75) is 34.2 Å². The number of nitrogens with two attached hydrogens (primary N) is 1. The summed E-state index contributed by atoms with van der Waals surface area (Å²) in [5.74, 6) is 1.04. The minimum atomic E-state index is 0.128. The molecule has 0 saturated carbocycles. The molecule has 2 N–H and O–H groups in total. The maximum Gasteiger partial charge on any atom is 0.202 e. The van der Waals surface area contributed by atoms with E-state index in [2.05, 4.69) is 37.7 Å². The SMILES string of the molecule is CC(C)C(C)(C)Cn1c(N)nc2cc(Cl)cnc21. The predicted molar refractivity (Wildman–Crippen MR) is 75.6 cm³/mol. The second-order valence-corrected chi connectivity index (χ2v) is 6.13. The maximum atomic E-state index is 5.98. The number of pyridine rings is 1. The number of hydrogen-bond donors (Lipinski definition) is 1. The van der Waals surface area contributed by atoms with Crippen LogP contribution >= 0.6 is 11.6 Å². The van der Waals surface area contributed by atoms with E-state index < -0.39 is 0 Å². The fraction of sp³-hybridized carbons (Fsp3) is 0.538. The minimum Gasteiger partial charge on any atom is -0.369 e. The quantitative estimate of drug-likeness (QED) is 0.927. The lowest BCUT2D eigenvalue weighted by Gasteiger charge is -2.29. The second-order valence-electron chi connectivity index (χ2n) is 5.70. The number of anilines is 1. The molecule has 0 radical (unpaired) electrons. The molecule has 2 aromatic heterocycles. The fourth-order valence-electron chi connectivity index (χ4n) is 1.75. The first kappa shape index (κ1) is 13.1. The number of fused-ring (bicyclic) bond motifs is 1. The molecule has 0 spiro atoms. The van der Waals surface area contributed by atoms with Gasteiger partial charge in [-0.3, -0.25) is 4.57 Å². The van der Waals surface area contributed by atoms with Gasteiger partial charge in [0.05, 0.1) is 5.02 Å². The molecule has 0 unspecified atom stereocenters. The van der Waals surface area contributed by atoms with Crippen LogP contribution in [0.5, 0.6) is 0 Å². The van der Waals surface area contributed by atoms with Gasteiger partial charge in [0.15, 0.2) is 5.65 Å². The van der Waals surface area contributed by atoms with Crippen LogP contribution in [0.25, 0.3) is 11.2 Å². The summed E-state index contributed by atoms with van der Waals surface area (Å²) < 4.78 is 1.96. The van der Waals surface area contributed by atoms with E-state index in [1.165, 1.54) is 0 Å². The van der Waals surface area contributed by atoms with Gasteiger partial charge in [-0.05, 0) is 17.4 Å². The molecule has 0 fully saturated rings. The van der Waals surface area contributed by atoms with Crippen molar-refractivity contribution in [3.8, 4) is 0 Å². The highest BCUT2D eigenvalue weighted by Crippen LogP contribution is 2.31. The standard InChI is InChI=1S/C13H19ClN4/c1-8(2)13(3,4)7-18-11-10(17-12(18)15)5-9(14)6-16-11/h5-6,8H,7H2,1-4H3,(H2,15,17). The van der Waals surface area contributed by atoms with E-state index in [9.17, 15) is 0 Å². The van der Waals surface area contributed by atoms with Gasteiger partial charge < -0.3 is 5.73 Å². The molecule has 98 valence electrons. The van der Waals surface area contributed by atoms with E-state index in [1.807, 2.05) is 4.57 Å². The van der Waals surface area contributed by atoms with Gasteiger partial charge in [0.25, 0.3) is 0 Å². The molecule has 2 aromatic rings. The number of halogens is 1. The van der Waals surface area contributed by atoms with Gasteiger partial charge in [0.1, 0.15) is 5.52 Å². The second kappa shape index (κ2) is 4.43. The molecule has 5 heteroatoms. The Balaban J connectivity index is 2.48. The van der Waals surface area contributed by atoms with Gasteiger partial charge in [-0.1, -0.05) is 39.3 Å². The van der Waals surface area contributed by atoms with Crippen LogP contribution in [-0.2, 0) is 6.54 Å². The van der Waals surface area contributed by atoms with E-state index >= 15 is 0 Å². The molecular weight excluding hydrogens is 248 g/mol. The van der Waals surface area contributed by atoms with Crippen molar-refractivity contribution in [3.63, 3.8) is 0 Å². The molecule has 0 amide bonds. The summed E-state index contributed by atoms with van der Waals surface area (Å²) in [5.41, 5.74) is 7.65. The van der Waals surface area contributed by atoms with Gasteiger partial charge in [-0.2, -0.15) is 0 Å². The highest BCUT2D eigenvalue weighted by atomic mass is 35.5. The highest BCUT2D eigenvalue weighted by Gasteiger charge is 2.25. The van der Waals surface area contributed by atoms with Crippen LogP contribution in [0.1, 0.15) is 27.7 Å². The van der Waals surface area contributed by atoms with Crippen molar-refractivity contribution >= 4 is 28.7 Å². The van der Waals surface area contributed by atoms with Crippen LogP contribution < -0.4 is 5.73 Å². The lowest BCUT2D eigenvalue weighted by Crippen LogP contribution is -2.26. The number of nitrogens with zero attached hydrogens (tertiary/aromatic N) is 3. The van der Waals surface area contributed by atoms with Crippen LogP contribution in [-0.4, -0.2) is 14.5 Å². The Kier molecular flexibility index (Phi) is 3.23. The smallest absolute Gasteiger partial charge is 0.202 e. The average Bonchev–Trinajstić information content (AvgIpc) is 2.54. The Morgan fingerprint density at radius 1 is 1.44 bits per heavy atom. The lowest BCUT2D eigenvalue weighted by atomic mass is 9.81. The molecule has 18 heavy (non-hydrogen) atoms. The van der Waals surface area contributed by atoms with E-state index in [4.69, 9.17) is 17.3 Å². The van der Waals surface area contributed by atoms with Gasteiger partial charge in [-0.25, -0.2) is 9.97 Å². The molecule has 4 nitrogen and oxygen atoms in total. The zero-order valence-electron chi connectivity index (χ0n) is 11.2. The van der Waals surface area contributed by atoms with E-state index in [-0.39, 0.29) is 5.41 Å². The summed E-state index contributed by atoms with van der Waals surface area (Å²) in [4.78, 5) is 8.64. The van der Waals surface area contributed by atoms with Crippen LogP contribution in [0.2, 0.25) is 5.02 Å². The minimum absolute atomic E-state index is 0.128. The van der Waals surface area contributed by atoms with Crippen LogP contribution in [0.15, 0.2) is 12.3 Å². The molecule has 2 rings (SSSR count). The molecule has 0 atom stereocenters. The Morgan fingerprint density at radius 2 is 2.11 bits per heavy atom. The van der Waals surface area contributed by atoms with Gasteiger partial charge in [0.2, 0.25) is 5.95 Å². The Labute approximate surface area is 112 Å². The molecule has 0 saturated heterocycles. The van der Waals surface area contributed by atoms with Crippen LogP contribution in [0, 0.1) is 11.3 Å². The number of rotatable bonds is 3. The Morgan fingerprint density at radius 3 is 2.72 bits per heavy atom. The first-order valence-electron chi connectivity index (χ1n) is 6.08. The van der Waals surface area contributed by atoms with Gasteiger partial charge >= 0.3 is 0 Å². The monoisotopic (exact) mass is 266 g/mol. The molecule has 0 aromatic carbocycles. The zero-order valence-corrected chi connectivity index (χ0v) is 12.0. The summed E-state index contributed by atoms with van der Waals surface area (Å²) in [6.07, 6.45) is 1.63. The zero-order chi connectivity index (χ0) is 13.5. The van der Waals surface area contributed by atoms with Crippen LogP contribution in [0.4, 0.5) is 5.95 Å². The van der Waals surface area contributed by atoms with Gasteiger partial charge in [-0.15, -0.1) is 0 Å². The molecule has 0 aliphatic heterocycles. The summed E-state index contributed by atoms with van der Waals surface area (Å²) in [6.45, 7) is 9.65. The molecule has 0 bridgehead atoms. The third-order valence-electron chi connectivity index (χ3n) is 3.71. The maximum absolute atomic E-state index is 5.98. The third kappa shape index (κ3) is 2.29. The normalized spacial score (nSPS) is 12.6. The van der Waals surface area contributed by atoms with Crippen molar-refractivity contribution in [1.82, 2.24) is 14.5 Å². The van der Waals surface area contributed by atoms with E-state index in [0.717, 1.165) is 17.7 Å². The van der Waals surface area contributed by atoms with E-state index in [1.54, 1.807) is 12.3 Å². The fourth-order valence-corrected chi connectivity index (χ4v) is 1.90. The van der Waals surface area contributed by atoms with Crippen molar-refractivity contribution in [3.05, 3.63) is 17.3 Å². The molecule has 2 heterocycles. The summed E-state index contributed by atoms with van der Waals surface area (Å²) >= 11 is 5.91. The van der Waals surface area contributed by atoms with Gasteiger partial charge in [0, 0.05) is 12.7 Å². The van der Waals surface area contributed by atoms with E-state index in [0.29, 0.717) is 16.9 Å². The number of imidazole rings is 1. The number of hydrogen-bond acceptors (Lipinski definition) is 3. The first-order valence-corrected chi connectivity index (χ1v) is 6.46. The van der Waals surface area contributed by atoms with Crippen LogP contribution in [0.3, 0.4) is 0 Å². The number of aromatic nitrogens is 3. The largest absolute Gasteiger partial charge is 0.369 e. The lowest BCUT2D eigenvalue weighted by molar-refractivity contribution is 0.213. The highest BCUT2D eigenvalue weighted by molar-refractivity contribution is 6.31. The van der Waals surface area contributed by atoms with Crippen molar-refractivity contribution < 1.29 is 0 Å². The summed E-state index contributed by atoms with van der Waals surface area (Å²) in [6, 6.07) is 1.79. The average molecular weight is 267 g/mol. The first-order chi connectivity index (χ1) is 8.31. The Hall–Kier alpha value is -1.29. The predicted octanol–water partition coefficient (Wildman–Crippen LogP) is 3.35. The van der Waals surface area contributed by atoms with Crippen molar-refractivity contribution in [2.75, 3.05) is 5.73 Å². The molecule has 0 aliphatic carbocycles. The Bertz CT molecular complexity index is 572. The third-order valence-corrected chi connectivity index (χ3v) is 3.92. The number of nitrogen functional groups attached to an aromatic ring is 1. The molecule has 0 aliphatic rings. The summed E-state index contributed by atoms with van der Waals surface area (Å²) in [5, 5.41) is 0.579. The summed E-state index contributed by atoms with van der Waals surface area (Å²) in [7, 11) is 0. The van der Waals surface area contributed by atoms with Crippen molar-refractivity contribution in [1.29, 1.82) is 0 Å². The van der Waals surface area contributed by atoms with Crippen molar-refractivity contribution in [2.24, 2.45) is 11.3 Å². The topological polar surface area (TPSA) is 56.7 Å².